The Hall–Kier alpha value is -0.570. The molecule has 3 heteroatoms. The summed E-state index contributed by atoms with van der Waals surface area (Å²) in [5.74, 6) is 0.995. The summed E-state index contributed by atoms with van der Waals surface area (Å²) in [6.07, 6.45) is 8.03. The van der Waals surface area contributed by atoms with Gasteiger partial charge in [-0.2, -0.15) is 0 Å². The first-order valence-electron chi connectivity index (χ1n) is 7.32. The molecule has 0 aromatic carbocycles. The van der Waals surface area contributed by atoms with E-state index in [1.54, 1.807) is 7.05 Å². The fourth-order valence-corrected chi connectivity index (χ4v) is 6.00. The molecule has 4 saturated carbocycles. The molecule has 2 unspecified atom stereocenters. The Morgan fingerprint density at radius 2 is 1.72 bits per heavy atom. The van der Waals surface area contributed by atoms with Crippen molar-refractivity contribution in [3.8, 4) is 0 Å². The van der Waals surface area contributed by atoms with Crippen LogP contribution in [0.25, 0.3) is 0 Å². The van der Waals surface area contributed by atoms with Crippen LogP contribution in [0.3, 0.4) is 0 Å². The molecule has 0 saturated heterocycles. The molecule has 4 bridgehead atoms. The van der Waals surface area contributed by atoms with E-state index in [2.05, 4.69) is 24.5 Å². The molecular formula is C15H26N2O. The van der Waals surface area contributed by atoms with E-state index < -0.39 is 0 Å². The molecule has 2 N–H and O–H groups in total. The third-order valence-electron chi connectivity index (χ3n) is 5.53. The van der Waals surface area contributed by atoms with Gasteiger partial charge in [-0.05, 0) is 55.3 Å². The molecule has 0 aromatic heterocycles. The molecule has 0 aliphatic heterocycles. The second kappa shape index (κ2) is 3.72. The minimum absolute atomic E-state index is 0.112. The fourth-order valence-electron chi connectivity index (χ4n) is 6.00. The Labute approximate surface area is 110 Å². The minimum Gasteiger partial charge on any atom is -0.358 e. The summed E-state index contributed by atoms with van der Waals surface area (Å²) in [6, 6.07) is 0. The van der Waals surface area contributed by atoms with Gasteiger partial charge in [0.25, 0.3) is 0 Å². The maximum Gasteiger partial charge on any atom is 0.233 e. The number of carbonyl (C=O) groups is 1. The minimum atomic E-state index is 0.112. The van der Waals surface area contributed by atoms with Crippen molar-refractivity contribution in [1.29, 1.82) is 0 Å². The van der Waals surface area contributed by atoms with Crippen LogP contribution in [0.4, 0.5) is 0 Å². The van der Waals surface area contributed by atoms with Crippen molar-refractivity contribution < 1.29 is 4.79 Å². The van der Waals surface area contributed by atoms with Gasteiger partial charge < -0.3 is 10.6 Å². The van der Waals surface area contributed by atoms with Crippen LogP contribution in [0.1, 0.15) is 52.4 Å². The maximum atomic E-state index is 11.5. The van der Waals surface area contributed by atoms with Gasteiger partial charge in [0.15, 0.2) is 0 Å². The summed E-state index contributed by atoms with van der Waals surface area (Å²) >= 11 is 0. The molecule has 2 atom stereocenters. The summed E-state index contributed by atoms with van der Waals surface area (Å²) in [7, 11) is 1.71. The Balaban J connectivity index is 1.78. The van der Waals surface area contributed by atoms with Crippen LogP contribution in [0.2, 0.25) is 0 Å². The van der Waals surface area contributed by atoms with Crippen molar-refractivity contribution in [2.24, 2.45) is 16.7 Å². The molecule has 0 spiro atoms. The SMILES string of the molecule is CNC(=O)CNC12CC3CC(C)(CC(C)(C3)C1)C2. The van der Waals surface area contributed by atoms with Gasteiger partial charge in [0.1, 0.15) is 0 Å². The van der Waals surface area contributed by atoms with E-state index in [0.717, 1.165) is 5.92 Å². The predicted octanol–water partition coefficient (Wildman–Crippen LogP) is 2.07. The first-order valence-corrected chi connectivity index (χ1v) is 7.32. The lowest BCUT2D eigenvalue weighted by Crippen LogP contribution is -2.65. The van der Waals surface area contributed by atoms with Gasteiger partial charge in [-0.15, -0.1) is 0 Å². The monoisotopic (exact) mass is 250 g/mol. The quantitative estimate of drug-likeness (QED) is 0.805. The highest BCUT2D eigenvalue weighted by atomic mass is 16.1. The van der Waals surface area contributed by atoms with Gasteiger partial charge in [0.05, 0.1) is 6.54 Å². The molecule has 3 nitrogen and oxygen atoms in total. The lowest BCUT2D eigenvalue weighted by atomic mass is 9.43. The Morgan fingerprint density at radius 3 is 2.22 bits per heavy atom. The van der Waals surface area contributed by atoms with Crippen LogP contribution in [-0.4, -0.2) is 25.0 Å². The molecule has 4 aliphatic rings. The highest BCUT2D eigenvalue weighted by Crippen LogP contribution is 2.66. The molecule has 102 valence electrons. The van der Waals surface area contributed by atoms with Crippen LogP contribution in [0, 0.1) is 16.7 Å². The summed E-state index contributed by atoms with van der Waals surface area (Å²) < 4.78 is 0. The smallest absolute Gasteiger partial charge is 0.233 e. The average molecular weight is 250 g/mol. The van der Waals surface area contributed by atoms with Crippen LogP contribution in [-0.2, 0) is 4.79 Å². The molecule has 0 radical (unpaired) electrons. The third kappa shape index (κ3) is 1.97. The number of amides is 1. The highest BCUT2D eigenvalue weighted by Gasteiger charge is 2.59. The van der Waals surface area contributed by atoms with E-state index in [0.29, 0.717) is 17.4 Å². The van der Waals surface area contributed by atoms with Gasteiger partial charge in [-0.3, -0.25) is 4.79 Å². The molecule has 0 heterocycles. The Kier molecular flexibility index (Phi) is 2.58. The van der Waals surface area contributed by atoms with E-state index in [1.165, 1.54) is 38.5 Å². The number of nitrogens with one attached hydrogen (secondary N) is 2. The van der Waals surface area contributed by atoms with E-state index in [4.69, 9.17) is 0 Å². The third-order valence-corrected chi connectivity index (χ3v) is 5.53. The second-order valence-electron chi connectivity index (χ2n) is 7.94. The van der Waals surface area contributed by atoms with Crippen molar-refractivity contribution in [1.82, 2.24) is 10.6 Å². The van der Waals surface area contributed by atoms with E-state index in [1.807, 2.05) is 0 Å². The lowest BCUT2D eigenvalue weighted by Gasteiger charge is -2.65. The van der Waals surface area contributed by atoms with Crippen LogP contribution >= 0.6 is 0 Å². The predicted molar refractivity (Wildman–Crippen MR) is 72.2 cm³/mol. The first kappa shape index (κ1) is 12.5. The van der Waals surface area contributed by atoms with Crippen molar-refractivity contribution in [2.45, 2.75) is 57.9 Å². The van der Waals surface area contributed by atoms with Crippen molar-refractivity contribution in [2.75, 3.05) is 13.6 Å². The van der Waals surface area contributed by atoms with Gasteiger partial charge in [0, 0.05) is 12.6 Å². The zero-order chi connectivity index (χ0) is 13.0. The van der Waals surface area contributed by atoms with Gasteiger partial charge >= 0.3 is 0 Å². The average Bonchev–Trinajstić information content (AvgIpc) is 2.21. The fraction of sp³-hybridized carbons (Fsp3) is 0.933. The molecule has 4 aliphatic carbocycles. The summed E-state index contributed by atoms with van der Waals surface area (Å²) in [5.41, 5.74) is 1.28. The molecule has 4 rings (SSSR count). The Bertz CT molecular complexity index is 361. The lowest BCUT2D eigenvalue weighted by molar-refractivity contribution is -0.128. The number of likely N-dealkylation sites (N-methyl/N-ethyl adjacent to an activating group) is 1. The number of carbonyl (C=O) groups excluding carboxylic acids is 1. The largest absolute Gasteiger partial charge is 0.358 e. The van der Waals surface area contributed by atoms with E-state index in [-0.39, 0.29) is 11.4 Å². The van der Waals surface area contributed by atoms with E-state index in [9.17, 15) is 4.79 Å². The van der Waals surface area contributed by atoms with Gasteiger partial charge in [-0.25, -0.2) is 0 Å². The van der Waals surface area contributed by atoms with Crippen LogP contribution in [0.15, 0.2) is 0 Å². The van der Waals surface area contributed by atoms with Crippen LogP contribution < -0.4 is 10.6 Å². The standard InChI is InChI=1S/C15H26N2O/c1-13-4-11-5-14(2,8-13)10-15(6-11,9-13)17-7-12(18)16-3/h11,17H,4-10H2,1-3H3,(H,16,18). The normalized spacial score (nSPS) is 49.4. The number of rotatable bonds is 3. The number of hydrogen-bond donors (Lipinski definition) is 2. The summed E-state index contributed by atoms with van der Waals surface area (Å²) in [6.45, 7) is 5.41. The summed E-state index contributed by atoms with van der Waals surface area (Å²) in [5, 5.41) is 6.33. The van der Waals surface area contributed by atoms with E-state index >= 15 is 0 Å². The van der Waals surface area contributed by atoms with Crippen molar-refractivity contribution in [3.05, 3.63) is 0 Å². The molecule has 0 aromatic rings. The molecule has 4 fully saturated rings. The zero-order valence-electron chi connectivity index (χ0n) is 11.9. The second-order valence-corrected chi connectivity index (χ2v) is 7.94. The molecular weight excluding hydrogens is 224 g/mol. The topological polar surface area (TPSA) is 41.1 Å². The number of hydrogen-bond acceptors (Lipinski definition) is 2. The van der Waals surface area contributed by atoms with Crippen molar-refractivity contribution in [3.63, 3.8) is 0 Å². The Morgan fingerprint density at radius 1 is 1.11 bits per heavy atom. The highest BCUT2D eigenvalue weighted by molar-refractivity contribution is 5.77. The first-order chi connectivity index (χ1) is 8.36. The van der Waals surface area contributed by atoms with Gasteiger partial charge in [-0.1, -0.05) is 13.8 Å². The van der Waals surface area contributed by atoms with Crippen molar-refractivity contribution >= 4 is 5.91 Å². The molecule has 18 heavy (non-hydrogen) atoms. The summed E-state index contributed by atoms with van der Waals surface area (Å²) in [4.78, 5) is 11.5. The van der Waals surface area contributed by atoms with Gasteiger partial charge in [0.2, 0.25) is 5.91 Å². The van der Waals surface area contributed by atoms with Crippen LogP contribution in [0.5, 0.6) is 0 Å². The molecule has 1 amide bonds. The zero-order valence-corrected chi connectivity index (χ0v) is 11.9. The maximum absolute atomic E-state index is 11.5.